The van der Waals surface area contributed by atoms with Crippen molar-refractivity contribution < 1.29 is 31.9 Å². The molecular weight excluding hydrogens is 549 g/mol. The van der Waals surface area contributed by atoms with Crippen molar-refractivity contribution in [2.75, 3.05) is 30.4 Å². The molecule has 1 N–H and O–H groups in total. The van der Waals surface area contributed by atoms with Gasteiger partial charge in [-0.3, -0.25) is 13.9 Å². The highest BCUT2D eigenvalue weighted by atomic mass is 32.2. The van der Waals surface area contributed by atoms with E-state index in [1.807, 2.05) is 44.2 Å². The van der Waals surface area contributed by atoms with Crippen LogP contribution in [-0.4, -0.2) is 57.3 Å². The highest BCUT2D eigenvalue weighted by Crippen LogP contribution is 2.36. The summed E-state index contributed by atoms with van der Waals surface area (Å²) in [6.07, 6.45) is 1.14. The molecule has 3 aromatic rings. The largest absolute Gasteiger partial charge is 0.454 e. The van der Waals surface area contributed by atoms with Gasteiger partial charge in [-0.15, -0.1) is 0 Å². The van der Waals surface area contributed by atoms with Gasteiger partial charge in [0, 0.05) is 31.1 Å². The van der Waals surface area contributed by atoms with Crippen LogP contribution in [0.15, 0.2) is 72.8 Å². The zero-order valence-corrected chi connectivity index (χ0v) is 24.1. The van der Waals surface area contributed by atoms with Crippen molar-refractivity contribution in [1.29, 1.82) is 0 Å². The molecule has 11 heteroatoms. The number of fused-ring (bicyclic) bond motifs is 1. The van der Waals surface area contributed by atoms with Gasteiger partial charge >= 0.3 is 0 Å². The van der Waals surface area contributed by atoms with E-state index < -0.39 is 40.2 Å². The number of carbonyl (C=O) groups excluding carboxylic acids is 2. The van der Waals surface area contributed by atoms with E-state index in [1.165, 1.54) is 35.2 Å². The first-order valence-corrected chi connectivity index (χ1v) is 15.1. The Balaban J connectivity index is 1.73. The van der Waals surface area contributed by atoms with Gasteiger partial charge in [0.25, 0.3) is 0 Å². The van der Waals surface area contributed by atoms with Crippen molar-refractivity contribution in [3.05, 3.63) is 89.7 Å². The molecule has 2 amide bonds. The summed E-state index contributed by atoms with van der Waals surface area (Å²) in [6, 6.07) is 18.7. The Hall–Kier alpha value is -4.12. The van der Waals surface area contributed by atoms with Gasteiger partial charge < -0.3 is 19.7 Å². The Bertz CT molecular complexity index is 1480. The molecule has 1 heterocycles. The number of nitrogens with zero attached hydrogens (tertiary/aromatic N) is 2. The van der Waals surface area contributed by atoms with Crippen LogP contribution in [0.1, 0.15) is 25.0 Å². The number of nitrogens with one attached hydrogen (secondary N) is 1. The lowest BCUT2D eigenvalue weighted by Gasteiger charge is -2.33. The number of ether oxygens (including phenoxy) is 2. The molecule has 0 radical (unpaired) electrons. The lowest BCUT2D eigenvalue weighted by atomic mass is 10.0. The smallest absolute Gasteiger partial charge is 0.244 e. The first-order chi connectivity index (χ1) is 19.5. The van der Waals surface area contributed by atoms with E-state index in [1.54, 1.807) is 12.1 Å². The summed E-state index contributed by atoms with van der Waals surface area (Å²) in [5.41, 5.74) is 1.18. The summed E-state index contributed by atoms with van der Waals surface area (Å²) in [5, 5.41) is 2.89. The van der Waals surface area contributed by atoms with Crippen LogP contribution in [0, 0.1) is 11.7 Å². The number of hydrogen-bond acceptors (Lipinski definition) is 6. The lowest BCUT2D eigenvalue weighted by molar-refractivity contribution is -0.140. The molecule has 218 valence electrons. The number of benzene rings is 3. The van der Waals surface area contributed by atoms with Crippen molar-refractivity contribution in [3.8, 4) is 11.5 Å². The average molecular weight is 584 g/mol. The van der Waals surface area contributed by atoms with Crippen LogP contribution in [0.4, 0.5) is 10.1 Å². The summed E-state index contributed by atoms with van der Waals surface area (Å²) in [5.74, 6) is -0.666. The predicted octanol–water partition coefficient (Wildman–Crippen LogP) is 3.73. The quantitative estimate of drug-likeness (QED) is 0.349. The Morgan fingerprint density at radius 2 is 1.66 bits per heavy atom. The fourth-order valence-electron chi connectivity index (χ4n) is 4.44. The van der Waals surface area contributed by atoms with Crippen molar-refractivity contribution in [2.24, 2.45) is 5.92 Å². The molecule has 0 saturated carbocycles. The van der Waals surface area contributed by atoms with E-state index >= 15 is 0 Å². The van der Waals surface area contributed by atoms with Crippen LogP contribution in [0.2, 0.25) is 0 Å². The van der Waals surface area contributed by atoms with Gasteiger partial charge in [-0.1, -0.05) is 62.4 Å². The Kier molecular flexibility index (Phi) is 9.49. The van der Waals surface area contributed by atoms with Crippen LogP contribution in [-0.2, 0) is 32.6 Å². The third kappa shape index (κ3) is 7.75. The Morgan fingerprint density at radius 1 is 0.976 bits per heavy atom. The molecule has 0 unspecified atom stereocenters. The number of anilines is 1. The molecule has 4 rings (SSSR count). The highest BCUT2D eigenvalue weighted by Gasteiger charge is 2.34. The molecule has 3 aromatic carbocycles. The van der Waals surface area contributed by atoms with Crippen LogP contribution in [0.25, 0.3) is 0 Å². The van der Waals surface area contributed by atoms with Gasteiger partial charge in [-0.25, -0.2) is 12.8 Å². The monoisotopic (exact) mass is 583 g/mol. The van der Waals surface area contributed by atoms with Gasteiger partial charge in [0.15, 0.2) is 11.5 Å². The van der Waals surface area contributed by atoms with Gasteiger partial charge in [0.2, 0.25) is 28.6 Å². The maximum atomic E-state index is 14.8. The summed E-state index contributed by atoms with van der Waals surface area (Å²) in [6.45, 7) is 3.42. The van der Waals surface area contributed by atoms with Crippen LogP contribution in [0.5, 0.6) is 11.5 Å². The SMILES string of the molecule is CC(C)CNC(=O)[C@H](Cc1ccccc1)N(Cc1ccccc1F)C(=O)CN(c1ccc2c(c1)OCO2)S(C)(=O)=O. The molecule has 0 aliphatic carbocycles. The average Bonchev–Trinajstić information content (AvgIpc) is 3.41. The van der Waals surface area contributed by atoms with Crippen molar-refractivity contribution in [2.45, 2.75) is 32.9 Å². The first kappa shape index (κ1) is 29.9. The van der Waals surface area contributed by atoms with Crippen LogP contribution in [0.3, 0.4) is 0 Å². The third-order valence-corrected chi connectivity index (χ3v) is 7.72. The van der Waals surface area contributed by atoms with E-state index in [2.05, 4.69) is 5.32 Å². The predicted molar refractivity (Wildman–Crippen MR) is 153 cm³/mol. The molecule has 0 bridgehead atoms. The van der Waals surface area contributed by atoms with Crippen LogP contribution < -0.4 is 19.1 Å². The molecule has 1 atom stereocenters. The minimum Gasteiger partial charge on any atom is -0.454 e. The standard InChI is InChI=1S/C30H34FN3O6S/c1-21(2)17-32-30(36)26(15-22-9-5-4-6-10-22)33(18-23-11-7-8-12-25(23)31)29(35)19-34(41(3,37)38)24-13-14-27-28(16-24)40-20-39-27/h4-14,16,21,26H,15,17-20H2,1-3H3,(H,32,36)/t26-/m0/s1. The number of hydrogen-bond donors (Lipinski definition) is 1. The zero-order valence-electron chi connectivity index (χ0n) is 23.2. The Morgan fingerprint density at radius 3 is 2.34 bits per heavy atom. The summed E-state index contributed by atoms with van der Waals surface area (Å²) in [4.78, 5) is 28.9. The van der Waals surface area contributed by atoms with E-state index in [0.29, 0.717) is 18.0 Å². The van der Waals surface area contributed by atoms with Gasteiger partial charge in [0.1, 0.15) is 18.4 Å². The first-order valence-electron chi connectivity index (χ1n) is 13.2. The number of sulfonamides is 1. The zero-order chi connectivity index (χ0) is 29.6. The van der Waals surface area contributed by atoms with Gasteiger partial charge in [-0.05, 0) is 29.7 Å². The van der Waals surface area contributed by atoms with E-state index in [9.17, 15) is 22.4 Å². The van der Waals surface area contributed by atoms with Crippen molar-refractivity contribution >= 4 is 27.5 Å². The summed E-state index contributed by atoms with van der Waals surface area (Å²) < 4.78 is 52.3. The lowest BCUT2D eigenvalue weighted by Crippen LogP contribution is -2.53. The highest BCUT2D eigenvalue weighted by molar-refractivity contribution is 7.92. The molecule has 0 aromatic heterocycles. The maximum absolute atomic E-state index is 14.8. The van der Waals surface area contributed by atoms with E-state index in [0.717, 1.165) is 16.1 Å². The Labute approximate surface area is 239 Å². The molecule has 1 aliphatic heterocycles. The maximum Gasteiger partial charge on any atom is 0.244 e. The minimum absolute atomic E-state index is 0.000333. The second kappa shape index (κ2) is 13.0. The van der Waals surface area contributed by atoms with Gasteiger partial charge in [-0.2, -0.15) is 0 Å². The second-order valence-corrected chi connectivity index (χ2v) is 12.2. The summed E-state index contributed by atoms with van der Waals surface area (Å²) >= 11 is 0. The normalized spacial score (nSPS) is 13.1. The number of halogens is 1. The molecule has 41 heavy (non-hydrogen) atoms. The molecule has 9 nitrogen and oxygen atoms in total. The fraction of sp³-hybridized carbons (Fsp3) is 0.333. The number of carbonyl (C=O) groups is 2. The number of rotatable bonds is 12. The van der Waals surface area contributed by atoms with E-state index in [-0.39, 0.29) is 36.9 Å². The van der Waals surface area contributed by atoms with Crippen molar-refractivity contribution in [3.63, 3.8) is 0 Å². The molecule has 0 fully saturated rings. The minimum atomic E-state index is -3.96. The molecule has 0 spiro atoms. The van der Waals surface area contributed by atoms with Gasteiger partial charge in [0.05, 0.1) is 11.9 Å². The third-order valence-electron chi connectivity index (χ3n) is 6.58. The number of amides is 2. The molecular formula is C30H34FN3O6S. The molecule has 0 saturated heterocycles. The second-order valence-electron chi connectivity index (χ2n) is 10.3. The van der Waals surface area contributed by atoms with Crippen LogP contribution >= 0.6 is 0 Å². The summed E-state index contributed by atoms with van der Waals surface area (Å²) in [7, 11) is -3.96. The van der Waals surface area contributed by atoms with E-state index in [4.69, 9.17) is 9.47 Å². The fourth-order valence-corrected chi connectivity index (χ4v) is 5.28. The topological polar surface area (TPSA) is 105 Å². The van der Waals surface area contributed by atoms with Crippen molar-refractivity contribution in [1.82, 2.24) is 10.2 Å². The molecule has 1 aliphatic rings.